The van der Waals surface area contributed by atoms with Crippen molar-refractivity contribution >= 4 is 40.2 Å². The highest BCUT2D eigenvalue weighted by Crippen LogP contribution is 2.53. The van der Waals surface area contributed by atoms with E-state index >= 15 is 0 Å². The molecule has 4 unspecified atom stereocenters. The number of fused-ring (bicyclic) bond motifs is 6. The molecule has 7 nitrogen and oxygen atoms in total. The van der Waals surface area contributed by atoms with Crippen molar-refractivity contribution in [1.82, 2.24) is 4.98 Å². The van der Waals surface area contributed by atoms with Crippen LogP contribution in [0.2, 0.25) is 0 Å². The van der Waals surface area contributed by atoms with Crippen molar-refractivity contribution in [3.63, 3.8) is 0 Å². The number of ketones is 1. The van der Waals surface area contributed by atoms with Crippen LogP contribution in [0.3, 0.4) is 0 Å². The van der Waals surface area contributed by atoms with E-state index in [0.29, 0.717) is 39.0 Å². The third kappa shape index (κ3) is 4.16. The molecule has 1 aliphatic heterocycles. The lowest BCUT2D eigenvalue weighted by molar-refractivity contribution is -0.123. The topological polar surface area (TPSA) is 93.6 Å². The Hall–Kier alpha value is -4.91. The van der Waals surface area contributed by atoms with Crippen molar-refractivity contribution in [1.29, 1.82) is 0 Å². The molecule has 0 radical (unpaired) electrons. The number of aromatic nitrogens is 1. The van der Waals surface area contributed by atoms with Gasteiger partial charge in [-0.15, -0.1) is 0 Å². The van der Waals surface area contributed by atoms with Gasteiger partial charge in [-0.25, -0.2) is 9.78 Å². The maximum atomic E-state index is 13.2. The molecule has 2 fully saturated rings. The van der Waals surface area contributed by atoms with Crippen LogP contribution >= 0.6 is 0 Å². The number of ether oxygens (including phenoxy) is 1. The number of benzene rings is 3. The van der Waals surface area contributed by atoms with Gasteiger partial charge in [0.25, 0.3) is 0 Å². The number of anilines is 1. The molecule has 4 aromatic rings. The SMILES string of the molecule is Cc1ccc(C(=O)COC(=O)c2cc(-c3ccc(N4C(=O)C5C6C=CC(C6)C5C4=O)cc3)nc3ccccc23)cc1. The number of pyridine rings is 1. The molecule has 7 rings (SSSR count). The van der Waals surface area contributed by atoms with E-state index in [1.165, 1.54) is 4.90 Å². The molecule has 3 aliphatic rings. The zero-order valence-electron chi connectivity index (χ0n) is 22.3. The van der Waals surface area contributed by atoms with Crippen LogP contribution in [0.25, 0.3) is 22.2 Å². The summed E-state index contributed by atoms with van der Waals surface area (Å²) in [4.78, 5) is 58.3. The van der Waals surface area contributed by atoms with Crippen molar-refractivity contribution in [3.05, 3.63) is 108 Å². The summed E-state index contributed by atoms with van der Waals surface area (Å²) in [5.41, 5.74) is 4.20. The molecule has 41 heavy (non-hydrogen) atoms. The van der Waals surface area contributed by atoms with E-state index in [9.17, 15) is 19.2 Å². The Morgan fingerprint density at radius 3 is 2.22 bits per heavy atom. The van der Waals surface area contributed by atoms with E-state index in [-0.39, 0.29) is 47.9 Å². The van der Waals surface area contributed by atoms with Crippen LogP contribution < -0.4 is 4.90 Å². The molecule has 3 aromatic carbocycles. The molecule has 1 aromatic heterocycles. The zero-order valence-corrected chi connectivity index (χ0v) is 22.3. The Morgan fingerprint density at radius 1 is 0.878 bits per heavy atom. The van der Waals surface area contributed by atoms with Gasteiger partial charge in [-0.2, -0.15) is 0 Å². The molecule has 202 valence electrons. The van der Waals surface area contributed by atoms with E-state index in [2.05, 4.69) is 12.2 Å². The summed E-state index contributed by atoms with van der Waals surface area (Å²) >= 11 is 0. The third-order valence-corrected chi connectivity index (χ3v) is 8.54. The fourth-order valence-electron chi connectivity index (χ4n) is 6.46. The summed E-state index contributed by atoms with van der Waals surface area (Å²) in [7, 11) is 0. The summed E-state index contributed by atoms with van der Waals surface area (Å²) in [6.45, 7) is 1.56. The number of aryl methyl sites for hydroxylation is 1. The smallest absolute Gasteiger partial charge is 0.339 e. The number of amides is 2. The Bertz CT molecular complexity index is 1740. The Morgan fingerprint density at radius 2 is 1.54 bits per heavy atom. The van der Waals surface area contributed by atoms with Gasteiger partial charge in [0.2, 0.25) is 11.8 Å². The van der Waals surface area contributed by atoms with Gasteiger partial charge < -0.3 is 4.74 Å². The van der Waals surface area contributed by atoms with Gasteiger partial charge in [-0.05, 0) is 49.4 Å². The Balaban J connectivity index is 1.15. The van der Waals surface area contributed by atoms with Crippen molar-refractivity contribution in [2.45, 2.75) is 13.3 Å². The Labute approximate surface area is 236 Å². The molecule has 0 N–H and O–H groups in total. The lowest BCUT2D eigenvalue weighted by Gasteiger charge is -2.17. The number of carbonyl (C=O) groups is 4. The molecule has 2 amide bonds. The molecular formula is C34H26N2O5. The van der Waals surface area contributed by atoms with Crippen LogP contribution in [0.1, 0.15) is 32.7 Å². The second kappa shape index (κ2) is 9.63. The summed E-state index contributed by atoms with van der Waals surface area (Å²) in [6.07, 6.45) is 5.05. The van der Waals surface area contributed by atoms with E-state index < -0.39 is 5.97 Å². The van der Waals surface area contributed by atoms with Crippen LogP contribution in [0.4, 0.5) is 5.69 Å². The molecular weight excluding hydrogens is 516 g/mol. The first-order chi connectivity index (χ1) is 19.9. The molecule has 2 heterocycles. The lowest BCUT2D eigenvalue weighted by atomic mass is 9.85. The number of rotatable bonds is 6. The van der Waals surface area contributed by atoms with Gasteiger partial charge >= 0.3 is 5.97 Å². The number of hydrogen-bond acceptors (Lipinski definition) is 6. The normalized spacial score (nSPS) is 22.4. The van der Waals surface area contributed by atoms with Crippen LogP contribution in [-0.2, 0) is 14.3 Å². The average Bonchev–Trinajstić information content (AvgIpc) is 3.69. The monoisotopic (exact) mass is 542 g/mol. The van der Waals surface area contributed by atoms with E-state index in [4.69, 9.17) is 9.72 Å². The van der Waals surface area contributed by atoms with Crippen LogP contribution in [0.15, 0.2) is 91.0 Å². The van der Waals surface area contributed by atoms with E-state index in [0.717, 1.165) is 12.0 Å². The largest absolute Gasteiger partial charge is 0.454 e. The van der Waals surface area contributed by atoms with Gasteiger partial charge in [0.1, 0.15) is 0 Å². The lowest BCUT2D eigenvalue weighted by Crippen LogP contribution is -2.32. The molecule has 0 spiro atoms. The van der Waals surface area contributed by atoms with Crippen LogP contribution in [0, 0.1) is 30.6 Å². The molecule has 4 atom stereocenters. The minimum Gasteiger partial charge on any atom is -0.454 e. The molecule has 1 saturated carbocycles. The number of Topliss-reactive ketones (excluding diaryl/α,β-unsaturated/α-hetero) is 1. The zero-order chi connectivity index (χ0) is 28.2. The fraction of sp³-hybridized carbons (Fsp3) is 0.206. The van der Waals surface area contributed by atoms with Gasteiger partial charge in [-0.1, -0.05) is 72.3 Å². The molecule has 1 saturated heterocycles. The van der Waals surface area contributed by atoms with Crippen LogP contribution in [0.5, 0.6) is 0 Å². The molecule has 7 heteroatoms. The maximum absolute atomic E-state index is 13.2. The first-order valence-electron chi connectivity index (χ1n) is 13.7. The van der Waals surface area contributed by atoms with Gasteiger partial charge in [0.15, 0.2) is 12.4 Å². The van der Waals surface area contributed by atoms with E-state index in [1.807, 2.05) is 37.3 Å². The minimum atomic E-state index is -0.620. The second-order valence-corrected chi connectivity index (χ2v) is 11.0. The summed E-state index contributed by atoms with van der Waals surface area (Å²) < 4.78 is 5.44. The summed E-state index contributed by atoms with van der Waals surface area (Å²) in [5, 5.41) is 0.615. The molecule has 2 aliphatic carbocycles. The fourth-order valence-corrected chi connectivity index (χ4v) is 6.46. The number of carbonyl (C=O) groups excluding carboxylic acids is 4. The third-order valence-electron chi connectivity index (χ3n) is 8.54. The first-order valence-corrected chi connectivity index (χ1v) is 13.7. The highest BCUT2D eigenvalue weighted by molar-refractivity contribution is 6.22. The number of nitrogens with zero attached hydrogens (tertiary/aromatic N) is 2. The number of esters is 1. The average molecular weight is 543 g/mol. The highest BCUT2D eigenvalue weighted by atomic mass is 16.5. The maximum Gasteiger partial charge on any atom is 0.339 e. The van der Waals surface area contributed by atoms with Crippen molar-refractivity contribution in [2.75, 3.05) is 11.5 Å². The van der Waals surface area contributed by atoms with E-state index in [1.54, 1.807) is 48.5 Å². The van der Waals surface area contributed by atoms with Gasteiger partial charge in [-0.3, -0.25) is 19.3 Å². The number of para-hydroxylation sites is 1. The minimum absolute atomic E-state index is 0.126. The standard InChI is InChI=1S/C34H26N2O5/c1-19-6-8-21(9-7-19)29(37)18-41-34(40)26-17-28(35-27-5-3-2-4-25(26)27)20-12-14-24(15-13-20)36-32(38)30-22-10-11-23(16-22)31(30)33(36)39/h2-15,17,22-23,30-31H,16,18H2,1H3. The van der Waals surface area contributed by atoms with Crippen molar-refractivity contribution in [2.24, 2.45) is 23.7 Å². The number of imide groups is 1. The summed E-state index contributed by atoms with van der Waals surface area (Å²) in [6, 6.07) is 23.1. The number of hydrogen-bond donors (Lipinski definition) is 0. The van der Waals surface area contributed by atoms with Gasteiger partial charge in [0.05, 0.1) is 34.3 Å². The van der Waals surface area contributed by atoms with Gasteiger partial charge in [0, 0.05) is 16.5 Å². The predicted molar refractivity (Wildman–Crippen MR) is 153 cm³/mol. The quantitative estimate of drug-likeness (QED) is 0.137. The first kappa shape index (κ1) is 25.1. The highest BCUT2D eigenvalue weighted by Gasteiger charge is 2.59. The molecule has 2 bridgehead atoms. The second-order valence-electron chi connectivity index (χ2n) is 11.0. The number of allylic oxidation sites excluding steroid dienone is 2. The van der Waals surface area contributed by atoms with Crippen LogP contribution in [-0.4, -0.2) is 35.2 Å². The van der Waals surface area contributed by atoms with Crippen molar-refractivity contribution < 1.29 is 23.9 Å². The predicted octanol–water partition coefficient (Wildman–Crippen LogP) is 5.56. The summed E-state index contributed by atoms with van der Waals surface area (Å²) in [5.74, 6) is -1.37. The Kier molecular flexibility index (Phi) is 5.89. The van der Waals surface area contributed by atoms with Crippen molar-refractivity contribution in [3.8, 4) is 11.3 Å².